The number of nitrogens with one attached hydrogen (secondary N) is 1. The van der Waals surface area contributed by atoms with Crippen molar-refractivity contribution in [1.29, 1.82) is 0 Å². The van der Waals surface area contributed by atoms with Crippen molar-refractivity contribution in [3.05, 3.63) is 64.0 Å². The van der Waals surface area contributed by atoms with Gasteiger partial charge in [0.1, 0.15) is 0 Å². The standard InChI is InChI=1S/C20H15BrF2N2O3S/c1-27-17-10-12(2-8-16(17)28-19(22)23)3-9-18(26)25-20-24-15(11-29-20)13-4-6-14(21)7-5-13/h2-11,19H,1H3,(H,24,25,26)/b9-3+. The molecule has 1 heterocycles. The van der Waals surface area contributed by atoms with Crippen LogP contribution >= 0.6 is 27.3 Å². The zero-order valence-corrected chi connectivity index (χ0v) is 17.5. The molecular weight excluding hydrogens is 466 g/mol. The van der Waals surface area contributed by atoms with E-state index in [2.05, 4.69) is 31.0 Å². The van der Waals surface area contributed by atoms with E-state index in [1.165, 1.54) is 42.7 Å². The van der Waals surface area contributed by atoms with Crippen LogP contribution in [0.2, 0.25) is 0 Å². The Kier molecular flexibility index (Phi) is 6.95. The third-order valence-corrected chi connectivity index (χ3v) is 4.99. The second kappa shape index (κ2) is 9.62. The summed E-state index contributed by atoms with van der Waals surface area (Å²) in [5, 5.41) is 5.02. The van der Waals surface area contributed by atoms with Gasteiger partial charge in [-0.15, -0.1) is 11.3 Å². The molecule has 0 saturated heterocycles. The zero-order chi connectivity index (χ0) is 20.8. The van der Waals surface area contributed by atoms with Crippen molar-refractivity contribution in [3.63, 3.8) is 0 Å². The predicted molar refractivity (Wildman–Crippen MR) is 113 cm³/mol. The maximum Gasteiger partial charge on any atom is 0.387 e. The van der Waals surface area contributed by atoms with Crippen molar-refractivity contribution in [2.45, 2.75) is 6.61 Å². The number of benzene rings is 2. The molecule has 0 atom stereocenters. The molecule has 1 amide bonds. The number of alkyl halides is 2. The molecule has 0 radical (unpaired) electrons. The van der Waals surface area contributed by atoms with E-state index in [9.17, 15) is 13.6 Å². The van der Waals surface area contributed by atoms with Crippen molar-refractivity contribution >= 4 is 44.4 Å². The fraction of sp³-hybridized carbons (Fsp3) is 0.100. The summed E-state index contributed by atoms with van der Waals surface area (Å²) in [6, 6.07) is 12.1. The number of thiazole rings is 1. The van der Waals surface area contributed by atoms with Crippen LogP contribution in [0.15, 0.2) is 58.4 Å². The van der Waals surface area contributed by atoms with Crippen LogP contribution < -0.4 is 14.8 Å². The summed E-state index contributed by atoms with van der Waals surface area (Å²) >= 11 is 4.70. The Morgan fingerprint density at radius 2 is 1.97 bits per heavy atom. The summed E-state index contributed by atoms with van der Waals surface area (Å²) in [6.45, 7) is -2.95. The molecule has 0 bridgehead atoms. The van der Waals surface area contributed by atoms with Gasteiger partial charge in [0, 0.05) is 21.5 Å². The lowest BCUT2D eigenvalue weighted by molar-refractivity contribution is -0.111. The molecule has 3 rings (SSSR count). The minimum atomic E-state index is -2.95. The highest BCUT2D eigenvalue weighted by atomic mass is 79.9. The second-order valence-electron chi connectivity index (χ2n) is 5.66. The van der Waals surface area contributed by atoms with Crippen LogP contribution in [0.1, 0.15) is 5.56 Å². The number of hydrogen-bond acceptors (Lipinski definition) is 5. The van der Waals surface area contributed by atoms with Gasteiger partial charge in [0.05, 0.1) is 12.8 Å². The van der Waals surface area contributed by atoms with Gasteiger partial charge in [-0.2, -0.15) is 8.78 Å². The van der Waals surface area contributed by atoms with Gasteiger partial charge < -0.3 is 9.47 Å². The molecule has 0 spiro atoms. The molecule has 0 aliphatic rings. The number of amides is 1. The van der Waals surface area contributed by atoms with Crippen LogP contribution in [-0.4, -0.2) is 24.6 Å². The Morgan fingerprint density at radius 1 is 1.21 bits per heavy atom. The minimum Gasteiger partial charge on any atom is -0.493 e. The highest BCUT2D eigenvalue weighted by molar-refractivity contribution is 9.10. The van der Waals surface area contributed by atoms with Crippen LogP contribution in [0.4, 0.5) is 13.9 Å². The fourth-order valence-electron chi connectivity index (χ4n) is 2.38. The number of anilines is 1. The van der Waals surface area contributed by atoms with E-state index in [0.29, 0.717) is 10.7 Å². The Labute approximate surface area is 178 Å². The molecule has 9 heteroatoms. The lowest BCUT2D eigenvalue weighted by Gasteiger charge is -2.10. The number of ether oxygens (including phenoxy) is 2. The number of nitrogens with zero attached hydrogens (tertiary/aromatic N) is 1. The first-order valence-electron chi connectivity index (χ1n) is 8.28. The van der Waals surface area contributed by atoms with E-state index in [1.54, 1.807) is 6.07 Å². The van der Waals surface area contributed by atoms with Crippen molar-refractivity contribution < 1.29 is 23.0 Å². The van der Waals surface area contributed by atoms with Crippen molar-refractivity contribution in [2.75, 3.05) is 12.4 Å². The molecule has 0 unspecified atom stereocenters. The normalized spacial score (nSPS) is 11.1. The van der Waals surface area contributed by atoms with Crippen LogP contribution in [0.25, 0.3) is 17.3 Å². The lowest BCUT2D eigenvalue weighted by atomic mass is 10.2. The molecule has 29 heavy (non-hydrogen) atoms. The molecule has 1 aromatic heterocycles. The fourth-order valence-corrected chi connectivity index (χ4v) is 3.37. The average Bonchev–Trinajstić information content (AvgIpc) is 3.15. The Hall–Kier alpha value is -2.78. The molecule has 150 valence electrons. The van der Waals surface area contributed by atoms with E-state index in [0.717, 1.165) is 15.7 Å². The van der Waals surface area contributed by atoms with Gasteiger partial charge >= 0.3 is 6.61 Å². The third-order valence-electron chi connectivity index (χ3n) is 3.71. The molecular formula is C20H15BrF2N2O3S. The van der Waals surface area contributed by atoms with Crippen LogP contribution in [0.3, 0.4) is 0 Å². The van der Waals surface area contributed by atoms with Crippen molar-refractivity contribution in [2.24, 2.45) is 0 Å². The minimum absolute atomic E-state index is 0.0765. The number of carbonyl (C=O) groups excluding carboxylic acids is 1. The maximum absolute atomic E-state index is 12.4. The van der Waals surface area contributed by atoms with Crippen LogP contribution in [0, 0.1) is 0 Å². The number of hydrogen-bond donors (Lipinski definition) is 1. The summed E-state index contributed by atoms with van der Waals surface area (Å²) < 4.78 is 35.1. The van der Waals surface area contributed by atoms with E-state index in [1.807, 2.05) is 29.6 Å². The number of rotatable bonds is 7. The first-order valence-corrected chi connectivity index (χ1v) is 9.95. The average molecular weight is 481 g/mol. The smallest absolute Gasteiger partial charge is 0.387 e. The first kappa shape index (κ1) is 20.9. The maximum atomic E-state index is 12.4. The van der Waals surface area contributed by atoms with E-state index < -0.39 is 6.61 Å². The van der Waals surface area contributed by atoms with Gasteiger partial charge in [-0.1, -0.05) is 34.1 Å². The van der Waals surface area contributed by atoms with Gasteiger partial charge in [0.25, 0.3) is 0 Å². The van der Waals surface area contributed by atoms with E-state index in [4.69, 9.17) is 4.74 Å². The Morgan fingerprint density at radius 3 is 2.66 bits per heavy atom. The van der Waals surface area contributed by atoms with E-state index >= 15 is 0 Å². The molecule has 0 aliphatic carbocycles. The van der Waals surface area contributed by atoms with Gasteiger partial charge in [0.15, 0.2) is 16.6 Å². The molecule has 0 saturated carbocycles. The largest absolute Gasteiger partial charge is 0.493 e. The lowest BCUT2D eigenvalue weighted by Crippen LogP contribution is -2.07. The number of methoxy groups -OCH3 is 1. The molecule has 2 aromatic carbocycles. The van der Waals surface area contributed by atoms with Gasteiger partial charge in [-0.05, 0) is 35.9 Å². The highest BCUT2D eigenvalue weighted by Gasteiger charge is 2.11. The first-order chi connectivity index (χ1) is 13.9. The summed E-state index contributed by atoms with van der Waals surface area (Å²) in [6.07, 6.45) is 2.86. The summed E-state index contributed by atoms with van der Waals surface area (Å²) in [4.78, 5) is 16.6. The van der Waals surface area contributed by atoms with Gasteiger partial charge in [-0.3, -0.25) is 10.1 Å². The Balaban J connectivity index is 1.65. The van der Waals surface area contributed by atoms with Crippen LogP contribution in [-0.2, 0) is 4.79 Å². The molecule has 1 N–H and O–H groups in total. The predicted octanol–water partition coefficient (Wildman–Crippen LogP) is 5.83. The summed E-state index contributed by atoms with van der Waals surface area (Å²) in [5.41, 5.74) is 2.30. The zero-order valence-electron chi connectivity index (χ0n) is 15.1. The monoisotopic (exact) mass is 480 g/mol. The quantitative estimate of drug-likeness (QED) is 0.431. The van der Waals surface area contributed by atoms with E-state index in [-0.39, 0.29) is 17.4 Å². The summed E-state index contributed by atoms with van der Waals surface area (Å²) in [5.74, 6) is -0.298. The molecule has 0 aliphatic heterocycles. The molecule has 3 aromatic rings. The highest BCUT2D eigenvalue weighted by Crippen LogP contribution is 2.30. The number of aromatic nitrogens is 1. The summed E-state index contributed by atoms with van der Waals surface area (Å²) in [7, 11) is 1.35. The third kappa shape index (κ3) is 5.85. The SMILES string of the molecule is COc1cc(/C=C/C(=O)Nc2nc(-c3ccc(Br)cc3)cs2)ccc1OC(F)F. The molecule has 0 fully saturated rings. The van der Waals surface area contributed by atoms with Gasteiger partial charge in [0.2, 0.25) is 5.91 Å². The number of carbonyl (C=O) groups is 1. The topological polar surface area (TPSA) is 60.5 Å². The second-order valence-corrected chi connectivity index (χ2v) is 7.43. The van der Waals surface area contributed by atoms with Gasteiger partial charge in [-0.25, -0.2) is 4.98 Å². The van der Waals surface area contributed by atoms with Crippen molar-refractivity contribution in [3.8, 4) is 22.8 Å². The Bertz CT molecular complexity index is 1020. The van der Waals surface area contributed by atoms with Crippen LogP contribution in [0.5, 0.6) is 11.5 Å². The van der Waals surface area contributed by atoms with Crippen molar-refractivity contribution in [1.82, 2.24) is 4.98 Å². The molecule has 5 nitrogen and oxygen atoms in total. The number of halogens is 3.